The quantitative estimate of drug-likeness (QED) is 0.878. The number of amides is 1. The number of hydrogen-bond acceptors (Lipinski definition) is 3. The average Bonchev–Trinajstić information content (AvgIpc) is 2.70. The van der Waals surface area contributed by atoms with Gasteiger partial charge in [-0.3, -0.25) is 9.20 Å². The molecule has 0 spiro atoms. The maximum atomic E-state index is 14.6. The summed E-state index contributed by atoms with van der Waals surface area (Å²) in [7, 11) is 0. The first kappa shape index (κ1) is 15.9. The Hall–Kier alpha value is -1.95. The Bertz CT molecular complexity index is 754. The fourth-order valence-corrected chi connectivity index (χ4v) is 3.29. The van der Waals surface area contributed by atoms with Crippen LogP contribution in [0, 0.1) is 18.3 Å². The number of fused-ring (bicyclic) bond motifs is 1. The number of hydrogen-bond donors (Lipinski definition) is 1. The zero-order valence-electron chi connectivity index (χ0n) is 13.7. The van der Waals surface area contributed by atoms with Crippen LogP contribution in [0.25, 0.3) is 5.65 Å². The van der Waals surface area contributed by atoms with Gasteiger partial charge in [-0.1, -0.05) is 19.9 Å². The van der Waals surface area contributed by atoms with Crippen LogP contribution in [0.2, 0.25) is 0 Å². The van der Waals surface area contributed by atoms with E-state index in [4.69, 9.17) is 0 Å². The Labute approximate surface area is 134 Å². The summed E-state index contributed by atoms with van der Waals surface area (Å²) in [5.41, 5.74) is 0.956. The third-order valence-electron chi connectivity index (χ3n) is 4.34. The van der Waals surface area contributed by atoms with Gasteiger partial charge in [-0.15, -0.1) is 0 Å². The molecule has 1 aliphatic heterocycles. The number of likely N-dealkylation sites (tertiary alicyclic amines) is 1. The van der Waals surface area contributed by atoms with Gasteiger partial charge in [0.15, 0.2) is 5.69 Å². The fourth-order valence-electron chi connectivity index (χ4n) is 3.29. The molecule has 0 unspecified atom stereocenters. The van der Waals surface area contributed by atoms with Gasteiger partial charge in [0.05, 0.1) is 6.10 Å². The van der Waals surface area contributed by atoms with E-state index in [0.717, 1.165) is 5.56 Å². The lowest BCUT2D eigenvalue weighted by molar-refractivity contribution is 0.0694. The number of nitrogens with zero attached hydrogens (tertiary/aromatic N) is 3. The van der Waals surface area contributed by atoms with E-state index in [1.165, 1.54) is 4.40 Å². The molecule has 3 rings (SSSR count). The zero-order chi connectivity index (χ0) is 16.8. The van der Waals surface area contributed by atoms with Gasteiger partial charge in [-0.2, -0.15) is 4.39 Å². The van der Waals surface area contributed by atoms with E-state index in [1.54, 1.807) is 17.2 Å². The Morgan fingerprint density at radius 2 is 2.17 bits per heavy atom. The summed E-state index contributed by atoms with van der Waals surface area (Å²) >= 11 is 0. The summed E-state index contributed by atoms with van der Waals surface area (Å²) in [6.45, 7) is 6.76. The standard InChI is InChI=1S/C17H22FN3O2/c1-11-4-5-13-19-14(15(18)21(13)9-11)16(23)20-7-6-12(22)8-17(2,3)10-20/h4-5,9,12,22H,6-8,10H2,1-3H3/t12-/m1/s1. The predicted octanol–water partition coefficient (Wildman–Crippen LogP) is 2.40. The van der Waals surface area contributed by atoms with Gasteiger partial charge in [0.2, 0.25) is 5.95 Å². The summed E-state index contributed by atoms with van der Waals surface area (Å²) in [4.78, 5) is 18.5. The number of imidazole rings is 1. The molecule has 0 saturated carbocycles. The summed E-state index contributed by atoms with van der Waals surface area (Å²) in [5.74, 6) is -1.04. The molecular weight excluding hydrogens is 297 g/mol. The van der Waals surface area contributed by atoms with E-state index in [2.05, 4.69) is 4.98 Å². The smallest absolute Gasteiger partial charge is 0.277 e. The minimum Gasteiger partial charge on any atom is -0.393 e. The second-order valence-electron chi connectivity index (χ2n) is 7.22. The van der Waals surface area contributed by atoms with Crippen molar-refractivity contribution in [2.24, 2.45) is 5.41 Å². The number of rotatable bonds is 1. The van der Waals surface area contributed by atoms with Crippen LogP contribution in [0.4, 0.5) is 4.39 Å². The molecule has 23 heavy (non-hydrogen) atoms. The molecule has 5 nitrogen and oxygen atoms in total. The van der Waals surface area contributed by atoms with Crippen LogP contribution in [0.3, 0.4) is 0 Å². The van der Waals surface area contributed by atoms with Gasteiger partial charge in [0, 0.05) is 19.3 Å². The lowest BCUT2D eigenvalue weighted by Gasteiger charge is -2.29. The van der Waals surface area contributed by atoms with Crippen LogP contribution in [-0.2, 0) is 0 Å². The SMILES string of the molecule is Cc1ccc2nc(C(=O)N3CC[C@@H](O)CC(C)(C)C3)c(F)n2c1. The predicted molar refractivity (Wildman–Crippen MR) is 84.8 cm³/mol. The number of aliphatic hydroxyl groups is 1. The highest BCUT2D eigenvalue weighted by molar-refractivity contribution is 5.93. The summed E-state index contributed by atoms with van der Waals surface area (Å²) in [5, 5.41) is 9.96. The van der Waals surface area contributed by atoms with Gasteiger partial charge in [0.25, 0.3) is 5.91 Å². The highest BCUT2D eigenvalue weighted by atomic mass is 19.1. The van der Waals surface area contributed by atoms with Crippen LogP contribution >= 0.6 is 0 Å². The monoisotopic (exact) mass is 319 g/mol. The Kier molecular flexibility index (Phi) is 3.88. The topological polar surface area (TPSA) is 57.8 Å². The van der Waals surface area contributed by atoms with Gasteiger partial charge < -0.3 is 10.0 Å². The fraction of sp³-hybridized carbons (Fsp3) is 0.529. The second-order valence-corrected chi connectivity index (χ2v) is 7.22. The van der Waals surface area contributed by atoms with Crippen molar-refractivity contribution in [3.63, 3.8) is 0 Å². The van der Waals surface area contributed by atoms with Crippen molar-refractivity contribution in [1.29, 1.82) is 0 Å². The number of aromatic nitrogens is 2. The summed E-state index contributed by atoms with van der Waals surface area (Å²) in [6, 6.07) is 3.53. The van der Waals surface area contributed by atoms with E-state index < -0.39 is 18.0 Å². The molecule has 1 saturated heterocycles. The third kappa shape index (κ3) is 3.08. The number of carbonyl (C=O) groups is 1. The molecule has 1 fully saturated rings. The summed E-state index contributed by atoms with van der Waals surface area (Å²) in [6.07, 6.45) is 2.33. The molecule has 6 heteroatoms. The molecule has 0 aromatic carbocycles. The minimum absolute atomic E-state index is 0.150. The van der Waals surface area contributed by atoms with E-state index in [9.17, 15) is 14.3 Å². The molecule has 124 valence electrons. The van der Waals surface area contributed by atoms with E-state index in [0.29, 0.717) is 31.6 Å². The van der Waals surface area contributed by atoms with Gasteiger partial charge in [0.1, 0.15) is 5.65 Å². The number of halogens is 1. The molecule has 1 amide bonds. The van der Waals surface area contributed by atoms with E-state index >= 15 is 0 Å². The van der Waals surface area contributed by atoms with Crippen molar-refractivity contribution in [1.82, 2.24) is 14.3 Å². The zero-order valence-corrected chi connectivity index (χ0v) is 13.7. The maximum Gasteiger partial charge on any atom is 0.277 e. The lowest BCUT2D eigenvalue weighted by atomic mass is 9.87. The summed E-state index contributed by atoms with van der Waals surface area (Å²) < 4.78 is 15.9. The number of carbonyl (C=O) groups excluding carboxylic acids is 1. The number of aliphatic hydroxyl groups excluding tert-OH is 1. The molecule has 1 atom stereocenters. The van der Waals surface area contributed by atoms with Crippen LogP contribution in [0.15, 0.2) is 18.3 Å². The molecule has 2 aromatic rings. The molecule has 3 heterocycles. The Balaban J connectivity index is 1.95. The Morgan fingerprint density at radius 3 is 2.91 bits per heavy atom. The highest BCUT2D eigenvalue weighted by Gasteiger charge is 2.33. The van der Waals surface area contributed by atoms with Crippen molar-refractivity contribution in [3.05, 3.63) is 35.5 Å². The highest BCUT2D eigenvalue weighted by Crippen LogP contribution is 2.29. The number of pyridine rings is 1. The minimum atomic E-state index is -0.628. The van der Waals surface area contributed by atoms with Crippen LogP contribution in [-0.4, -0.2) is 44.5 Å². The van der Waals surface area contributed by atoms with Crippen molar-refractivity contribution < 1.29 is 14.3 Å². The van der Waals surface area contributed by atoms with Crippen molar-refractivity contribution >= 4 is 11.6 Å². The van der Waals surface area contributed by atoms with Crippen molar-refractivity contribution in [3.8, 4) is 0 Å². The average molecular weight is 319 g/mol. The molecular formula is C17H22FN3O2. The normalized spacial score (nSPS) is 21.4. The first-order chi connectivity index (χ1) is 10.8. The van der Waals surface area contributed by atoms with Gasteiger partial charge >= 0.3 is 0 Å². The third-order valence-corrected chi connectivity index (χ3v) is 4.34. The molecule has 2 aromatic heterocycles. The maximum absolute atomic E-state index is 14.6. The van der Waals surface area contributed by atoms with Gasteiger partial charge in [-0.25, -0.2) is 4.98 Å². The molecule has 0 radical (unpaired) electrons. The van der Waals surface area contributed by atoms with Crippen molar-refractivity contribution in [2.75, 3.05) is 13.1 Å². The van der Waals surface area contributed by atoms with Crippen molar-refractivity contribution in [2.45, 2.75) is 39.7 Å². The van der Waals surface area contributed by atoms with E-state index in [-0.39, 0.29) is 11.1 Å². The Morgan fingerprint density at radius 1 is 1.43 bits per heavy atom. The first-order valence-electron chi connectivity index (χ1n) is 7.88. The number of aryl methyl sites for hydroxylation is 1. The molecule has 1 N–H and O–H groups in total. The lowest BCUT2D eigenvalue weighted by Crippen LogP contribution is -2.38. The van der Waals surface area contributed by atoms with Crippen LogP contribution < -0.4 is 0 Å². The first-order valence-corrected chi connectivity index (χ1v) is 7.88. The molecule has 0 bridgehead atoms. The van der Waals surface area contributed by atoms with Gasteiger partial charge in [-0.05, 0) is 36.8 Å². The largest absolute Gasteiger partial charge is 0.393 e. The van der Waals surface area contributed by atoms with E-state index in [1.807, 2.05) is 26.8 Å². The second kappa shape index (κ2) is 5.60. The van der Waals surface area contributed by atoms with Crippen LogP contribution in [0.5, 0.6) is 0 Å². The molecule has 0 aliphatic carbocycles. The van der Waals surface area contributed by atoms with Crippen LogP contribution in [0.1, 0.15) is 42.7 Å². The molecule has 1 aliphatic rings.